The summed E-state index contributed by atoms with van der Waals surface area (Å²) in [4.78, 5) is 0. The maximum absolute atomic E-state index is 6.12. The third kappa shape index (κ3) is 2.52. The highest BCUT2D eigenvalue weighted by atomic mass is 35.5. The summed E-state index contributed by atoms with van der Waals surface area (Å²) < 4.78 is 11.8. The number of hydrogen-bond acceptors (Lipinski definition) is 7. The Morgan fingerprint density at radius 1 is 1.14 bits per heavy atom. The van der Waals surface area contributed by atoms with Gasteiger partial charge in [-0.2, -0.15) is 0 Å². The molecule has 0 atom stereocenters. The number of fused-ring (bicyclic) bond motifs is 1. The Labute approximate surface area is 124 Å². The van der Waals surface area contributed by atoms with Gasteiger partial charge >= 0.3 is 0 Å². The molecule has 0 fully saturated rings. The van der Waals surface area contributed by atoms with Crippen LogP contribution in [0.3, 0.4) is 0 Å². The van der Waals surface area contributed by atoms with E-state index in [0.29, 0.717) is 33.7 Å². The zero-order valence-electron chi connectivity index (χ0n) is 11.2. The van der Waals surface area contributed by atoms with Gasteiger partial charge in [-0.1, -0.05) is 11.6 Å². The van der Waals surface area contributed by atoms with E-state index in [4.69, 9.17) is 21.1 Å². The number of hydrogen-bond donors (Lipinski definition) is 1. The quantitative estimate of drug-likeness (QED) is 0.788. The molecule has 9 heteroatoms. The molecular formula is C12H11ClN6O2. The summed E-state index contributed by atoms with van der Waals surface area (Å²) in [6, 6.07) is 6.89. The fraction of sp³-hybridized carbons (Fsp3) is 0.167. The van der Waals surface area contributed by atoms with E-state index >= 15 is 0 Å². The molecule has 21 heavy (non-hydrogen) atoms. The SMILES string of the molecule is COc1cc(OC)c(Nc2ccc3nnnn3n2)cc1Cl. The number of anilines is 2. The molecule has 0 saturated heterocycles. The molecule has 3 rings (SSSR count). The number of ether oxygens (including phenoxy) is 2. The van der Waals surface area contributed by atoms with Gasteiger partial charge in [0.15, 0.2) is 11.5 Å². The van der Waals surface area contributed by atoms with Gasteiger partial charge in [-0.05, 0) is 28.6 Å². The highest BCUT2D eigenvalue weighted by molar-refractivity contribution is 6.32. The topological polar surface area (TPSA) is 86.5 Å². The van der Waals surface area contributed by atoms with Crippen molar-refractivity contribution in [2.75, 3.05) is 19.5 Å². The highest BCUT2D eigenvalue weighted by Crippen LogP contribution is 2.36. The Morgan fingerprint density at radius 2 is 1.95 bits per heavy atom. The monoisotopic (exact) mass is 306 g/mol. The van der Waals surface area contributed by atoms with E-state index in [0.717, 1.165) is 0 Å². The van der Waals surface area contributed by atoms with Gasteiger partial charge in [0.2, 0.25) is 0 Å². The van der Waals surface area contributed by atoms with Gasteiger partial charge in [0.05, 0.1) is 24.9 Å². The summed E-state index contributed by atoms with van der Waals surface area (Å²) in [5.41, 5.74) is 1.21. The Kier molecular flexibility index (Phi) is 3.44. The number of nitrogens with zero attached hydrogens (tertiary/aromatic N) is 5. The molecule has 0 aliphatic rings. The van der Waals surface area contributed by atoms with Crippen molar-refractivity contribution in [1.82, 2.24) is 25.3 Å². The van der Waals surface area contributed by atoms with Gasteiger partial charge in [-0.15, -0.1) is 14.8 Å². The molecule has 1 aromatic carbocycles. The molecule has 2 heterocycles. The molecule has 108 valence electrons. The Balaban J connectivity index is 1.98. The lowest BCUT2D eigenvalue weighted by atomic mass is 10.2. The minimum Gasteiger partial charge on any atom is -0.495 e. The van der Waals surface area contributed by atoms with Crippen LogP contribution >= 0.6 is 11.6 Å². The number of aromatic nitrogens is 5. The van der Waals surface area contributed by atoms with Gasteiger partial charge in [0.1, 0.15) is 11.5 Å². The first kappa shape index (κ1) is 13.4. The second-order valence-corrected chi connectivity index (χ2v) is 4.46. The van der Waals surface area contributed by atoms with E-state index in [1.807, 2.05) is 0 Å². The number of halogens is 1. The van der Waals surface area contributed by atoms with Gasteiger partial charge < -0.3 is 14.8 Å². The van der Waals surface area contributed by atoms with Crippen LogP contribution in [-0.2, 0) is 0 Å². The van der Waals surface area contributed by atoms with Crippen molar-refractivity contribution in [3.05, 3.63) is 29.3 Å². The molecule has 0 spiro atoms. The van der Waals surface area contributed by atoms with Crippen molar-refractivity contribution >= 4 is 28.8 Å². The molecule has 2 aromatic heterocycles. The Morgan fingerprint density at radius 3 is 2.71 bits per heavy atom. The van der Waals surface area contributed by atoms with Gasteiger partial charge in [0.25, 0.3) is 0 Å². The summed E-state index contributed by atoms with van der Waals surface area (Å²) >= 11 is 6.12. The normalized spacial score (nSPS) is 10.6. The number of benzene rings is 1. The summed E-state index contributed by atoms with van der Waals surface area (Å²) in [6.07, 6.45) is 0. The Hall–Kier alpha value is -2.61. The van der Waals surface area contributed by atoms with Crippen LogP contribution in [0.4, 0.5) is 11.5 Å². The zero-order valence-corrected chi connectivity index (χ0v) is 12.0. The predicted octanol–water partition coefficient (Wildman–Crippen LogP) is 1.93. The molecule has 0 amide bonds. The van der Waals surface area contributed by atoms with E-state index in [9.17, 15) is 0 Å². The number of methoxy groups -OCH3 is 2. The van der Waals surface area contributed by atoms with Crippen LogP contribution in [0.25, 0.3) is 5.65 Å². The molecule has 0 aliphatic carbocycles. The molecule has 8 nitrogen and oxygen atoms in total. The first-order valence-electron chi connectivity index (χ1n) is 5.95. The van der Waals surface area contributed by atoms with Crippen LogP contribution in [0.1, 0.15) is 0 Å². The fourth-order valence-electron chi connectivity index (χ4n) is 1.81. The van der Waals surface area contributed by atoms with Gasteiger partial charge in [-0.3, -0.25) is 0 Å². The smallest absolute Gasteiger partial charge is 0.200 e. The van der Waals surface area contributed by atoms with E-state index < -0.39 is 0 Å². The largest absolute Gasteiger partial charge is 0.495 e. The number of nitrogens with one attached hydrogen (secondary N) is 1. The van der Waals surface area contributed by atoms with Crippen LogP contribution in [0, 0.1) is 0 Å². The highest BCUT2D eigenvalue weighted by Gasteiger charge is 2.11. The van der Waals surface area contributed by atoms with Crippen molar-refractivity contribution in [3.8, 4) is 11.5 Å². The summed E-state index contributed by atoms with van der Waals surface area (Å²) in [6.45, 7) is 0. The summed E-state index contributed by atoms with van der Waals surface area (Å²) in [5.74, 6) is 1.66. The summed E-state index contributed by atoms with van der Waals surface area (Å²) in [5, 5.41) is 18.8. The lowest BCUT2D eigenvalue weighted by molar-refractivity contribution is 0.396. The van der Waals surface area contributed by atoms with Crippen LogP contribution < -0.4 is 14.8 Å². The third-order valence-electron chi connectivity index (χ3n) is 2.81. The van der Waals surface area contributed by atoms with Gasteiger partial charge in [0, 0.05) is 6.07 Å². The van der Waals surface area contributed by atoms with E-state index in [2.05, 4.69) is 25.9 Å². The molecular weight excluding hydrogens is 296 g/mol. The molecule has 0 radical (unpaired) electrons. The van der Waals surface area contributed by atoms with Crippen molar-refractivity contribution in [2.45, 2.75) is 0 Å². The molecule has 0 bridgehead atoms. The van der Waals surface area contributed by atoms with Crippen molar-refractivity contribution in [2.24, 2.45) is 0 Å². The number of tetrazole rings is 1. The Bertz CT molecular complexity index is 791. The van der Waals surface area contributed by atoms with Gasteiger partial charge in [-0.25, -0.2) is 0 Å². The fourth-order valence-corrected chi connectivity index (χ4v) is 2.05. The second kappa shape index (κ2) is 5.41. The number of rotatable bonds is 4. The van der Waals surface area contributed by atoms with E-state index in [1.165, 1.54) is 4.63 Å². The summed E-state index contributed by atoms with van der Waals surface area (Å²) in [7, 11) is 3.10. The lowest BCUT2D eigenvalue weighted by Crippen LogP contribution is -2.02. The maximum Gasteiger partial charge on any atom is 0.200 e. The first-order valence-corrected chi connectivity index (χ1v) is 6.33. The average Bonchev–Trinajstić information content (AvgIpc) is 2.95. The van der Waals surface area contributed by atoms with E-state index in [-0.39, 0.29) is 0 Å². The predicted molar refractivity (Wildman–Crippen MR) is 76.4 cm³/mol. The van der Waals surface area contributed by atoms with E-state index in [1.54, 1.807) is 38.5 Å². The minimum absolute atomic E-state index is 0.462. The van der Waals surface area contributed by atoms with Crippen LogP contribution in [-0.4, -0.2) is 39.5 Å². The van der Waals surface area contributed by atoms with Crippen LogP contribution in [0.2, 0.25) is 5.02 Å². The standard InChI is InChI=1S/C12H11ClN6O2/c1-20-9-6-10(21-2)8(5-7(9)13)14-11-3-4-12-15-17-18-19(12)16-11/h3-6H,1-2H3,(H,14,16). The van der Waals surface area contributed by atoms with Crippen LogP contribution in [0.15, 0.2) is 24.3 Å². The molecule has 1 N–H and O–H groups in total. The zero-order chi connectivity index (χ0) is 14.8. The molecule has 0 saturated carbocycles. The first-order chi connectivity index (χ1) is 10.2. The third-order valence-corrected chi connectivity index (χ3v) is 3.10. The average molecular weight is 307 g/mol. The van der Waals surface area contributed by atoms with Crippen molar-refractivity contribution < 1.29 is 9.47 Å². The molecule has 0 unspecified atom stereocenters. The maximum atomic E-state index is 6.12. The second-order valence-electron chi connectivity index (χ2n) is 4.06. The van der Waals surface area contributed by atoms with Crippen molar-refractivity contribution in [3.63, 3.8) is 0 Å². The van der Waals surface area contributed by atoms with Crippen LogP contribution in [0.5, 0.6) is 11.5 Å². The van der Waals surface area contributed by atoms with Crippen molar-refractivity contribution in [1.29, 1.82) is 0 Å². The lowest BCUT2D eigenvalue weighted by Gasteiger charge is -2.13. The minimum atomic E-state index is 0.462. The molecule has 0 aliphatic heterocycles. The molecule has 3 aromatic rings.